The highest BCUT2D eigenvalue weighted by Crippen LogP contribution is 2.34. The van der Waals surface area contributed by atoms with E-state index in [4.69, 9.17) is 24.2 Å². The molecule has 1 aromatic carbocycles. The van der Waals surface area contributed by atoms with E-state index in [1.165, 1.54) is 12.3 Å². The molecule has 0 spiro atoms. The average Bonchev–Trinajstić information content (AvgIpc) is 2.72. The van der Waals surface area contributed by atoms with Gasteiger partial charge in [-0.05, 0) is 18.9 Å². The zero-order valence-electron chi connectivity index (χ0n) is 15.2. The predicted molar refractivity (Wildman–Crippen MR) is 106 cm³/mol. The van der Waals surface area contributed by atoms with Gasteiger partial charge in [-0.3, -0.25) is 5.01 Å². The number of morpholine rings is 1. The maximum absolute atomic E-state index is 14.3. The van der Waals surface area contributed by atoms with Gasteiger partial charge in [-0.2, -0.15) is 4.98 Å². The van der Waals surface area contributed by atoms with Crippen molar-refractivity contribution in [2.75, 3.05) is 42.8 Å². The van der Waals surface area contributed by atoms with Gasteiger partial charge in [0, 0.05) is 25.2 Å². The fraction of sp³-hybridized carbons (Fsp3) is 0.444. The molecule has 7 nitrogen and oxygen atoms in total. The van der Waals surface area contributed by atoms with Gasteiger partial charge < -0.3 is 14.7 Å². The molecule has 2 saturated heterocycles. The zero-order chi connectivity index (χ0) is 19.7. The normalized spacial score (nSPS) is 20.4. The number of anilines is 2. The second-order valence-corrected chi connectivity index (χ2v) is 7.26. The van der Waals surface area contributed by atoms with Gasteiger partial charge in [0.05, 0.1) is 30.5 Å². The summed E-state index contributed by atoms with van der Waals surface area (Å²) < 4.78 is 19.6. The lowest BCUT2D eigenvalue weighted by atomic mass is 9.90. The Labute approximate surface area is 168 Å². The Balaban J connectivity index is 1.58. The van der Waals surface area contributed by atoms with Crippen LogP contribution in [0.15, 0.2) is 18.3 Å². The molecule has 146 valence electrons. The molecule has 0 bridgehead atoms. The third kappa shape index (κ3) is 3.87. The number of hydrazine groups is 1. The molecule has 1 unspecified atom stereocenters. The first kappa shape index (κ1) is 19.2. The first-order chi connectivity index (χ1) is 13.5. The molecule has 0 saturated carbocycles. The van der Waals surface area contributed by atoms with Crippen molar-refractivity contribution >= 4 is 36.7 Å². The van der Waals surface area contributed by atoms with Gasteiger partial charge in [-0.1, -0.05) is 23.1 Å². The van der Waals surface area contributed by atoms with Gasteiger partial charge in [0.15, 0.2) is 11.6 Å². The Morgan fingerprint density at radius 1 is 1.29 bits per heavy atom. The minimum Gasteiger partial charge on any atom is -0.506 e. The number of aromatic hydroxyl groups is 1. The van der Waals surface area contributed by atoms with Crippen molar-refractivity contribution in [2.45, 2.75) is 18.9 Å². The third-order valence-corrected chi connectivity index (χ3v) is 5.23. The van der Waals surface area contributed by atoms with Crippen molar-refractivity contribution in [3.8, 4) is 5.75 Å². The van der Waals surface area contributed by atoms with Crippen LogP contribution in [0.4, 0.5) is 16.2 Å². The molecule has 0 aliphatic carbocycles. The first-order valence-corrected chi connectivity index (χ1v) is 9.57. The molecule has 1 atom stereocenters. The van der Waals surface area contributed by atoms with Crippen LogP contribution in [-0.2, 0) is 4.74 Å². The molecule has 0 amide bonds. The molecule has 4 rings (SSSR count). The molecular weight excluding hydrogens is 383 g/mol. The molecule has 2 radical (unpaired) electrons. The van der Waals surface area contributed by atoms with E-state index in [1.807, 2.05) is 4.90 Å². The Morgan fingerprint density at radius 2 is 2.07 bits per heavy atom. The highest BCUT2D eigenvalue weighted by Gasteiger charge is 2.27. The van der Waals surface area contributed by atoms with Crippen molar-refractivity contribution in [3.05, 3.63) is 34.7 Å². The van der Waals surface area contributed by atoms with E-state index in [-0.39, 0.29) is 22.6 Å². The molecule has 2 N–H and O–H groups in total. The van der Waals surface area contributed by atoms with E-state index in [9.17, 15) is 9.50 Å². The van der Waals surface area contributed by atoms with Crippen LogP contribution in [-0.4, -0.2) is 55.8 Å². The largest absolute Gasteiger partial charge is 0.506 e. The van der Waals surface area contributed by atoms with Gasteiger partial charge in [-0.25, -0.2) is 14.8 Å². The van der Waals surface area contributed by atoms with Crippen molar-refractivity contribution in [3.63, 3.8) is 0 Å². The summed E-state index contributed by atoms with van der Waals surface area (Å²) in [5.74, 6) is 0.192. The van der Waals surface area contributed by atoms with Crippen LogP contribution in [0.2, 0.25) is 5.02 Å². The smallest absolute Gasteiger partial charge is 0.242 e. The van der Waals surface area contributed by atoms with Crippen LogP contribution in [0.3, 0.4) is 0 Å². The molecule has 2 aliphatic heterocycles. The number of ether oxygens (including phenoxy) is 1. The van der Waals surface area contributed by atoms with Crippen LogP contribution < -0.4 is 20.8 Å². The molecule has 10 heteroatoms. The lowest BCUT2D eigenvalue weighted by molar-refractivity contribution is 0.122. The number of nitrogens with one attached hydrogen (secondary N) is 1. The van der Waals surface area contributed by atoms with E-state index in [2.05, 4.69) is 15.4 Å². The SMILES string of the molecule is [B]c1cc(Cl)c(O)c(C2CCCN(c3ncc(F)c(N4CCOCC4)n3)N2)c1. The Kier molecular flexibility index (Phi) is 5.57. The third-order valence-electron chi connectivity index (χ3n) is 4.94. The van der Waals surface area contributed by atoms with Gasteiger partial charge in [0.2, 0.25) is 5.95 Å². The number of hydrogen-bond donors (Lipinski definition) is 2. The molecule has 2 fully saturated rings. The van der Waals surface area contributed by atoms with E-state index >= 15 is 0 Å². The summed E-state index contributed by atoms with van der Waals surface area (Å²) >= 11 is 6.06. The number of nitrogens with zero attached hydrogens (tertiary/aromatic N) is 4. The molecule has 2 aliphatic rings. The minimum atomic E-state index is -0.459. The number of halogens is 2. The maximum atomic E-state index is 14.3. The van der Waals surface area contributed by atoms with Gasteiger partial charge in [0.25, 0.3) is 0 Å². The average molecular weight is 404 g/mol. The van der Waals surface area contributed by atoms with Gasteiger partial charge >= 0.3 is 0 Å². The summed E-state index contributed by atoms with van der Waals surface area (Å²) in [7, 11) is 5.88. The van der Waals surface area contributed by atoms with Crippen LogP contribution in [0.25, 0.3) is 0 Å². The van der Waals surface area contributed by atoms with Crippen molar-refractivity contribution in [2.24, 2.45) is 0 Å². The maximum Gasteiger partial charge on any atom is 0.242 e. The number of hydrogen-bond acceptors (Lipinski definition) is 7. The van der Waals surface area contributed by atoms with Crippen molar-refractivity contribution < 1.29 is 14.2 Å². The Hall–Kier alpha value is -2.10. The topological polar surface area (TPSA) is 73.8 Å². The van der Waals surface area contributed by atoms with Crippen molar-refractivity contribution in [1.82, 2.24) is 15.4 Å². The summed E-state index contributed by atoms with van der Waals surface area (Å²) in [6, 6.07) is 3.00. The fourth-order valence-corrected chi connectivity index (χ4v) is 3.77. The van der Waals surface area contributed by atoms with Crippen LogP contribution in [0.5, 0.6) is 5.75 Å². The molecule has 1 aromatic heterocycles. The number of benzene rings is 1. The summed E-state index contributed by atoms with van der Waals surface area (Å²) in [5.41, 5.74) is 4.39. The van der Waals surface area contributed by atoms with E-state index < -0.39 is 5.82 Å². The predicted octanol–water partition coefficient (Wildman–Crippen LogP) is 1.45. The highest BCUT2D eigenvalue weighted by molar-refractivity contribution is 6.37. The summed E-state index contributed by atoms with van der Waals surface area (Å²) in [6.45, 7) is 2.90. The lowest BCUT2D eigenvalue weighted by Gasteiger charge is -2.35. The van der Waals surface area contributed by atoms with Gasteiger partial charge in [0.1, 0.15) is 13.6 Å². The van der Waals surface area contributed by atoms with E-state index in [1.54, 1.807) is 11.1 Å². The summed E-state index contributed by atoms with van der Waals surface area (Å²) in [4.78, 5) is 10.4. The Bertz CT molecular complexity index is 868. The second kappa shape index (κ2) is 8.10. The second-order valence-electron chi connectivity index (χ2n) is 6.86. The first-order valence-electron chi connectivity index (χ1n) is 9.20. The van der Waals surface area contributed by atoms with Crippen molar-refractivity contribution in [1.29, 1.82) is 0 Å². The molecular formula is C18H20BClFN5O2. The monoisotopic (exact) mass is 403 g/mol. The fourth-order valence-electron chi connectivity index (χ4n) is 3.54. The lowest BCUT2D eigenvalue weighted by Crippen LogP contribution is -2.46. The zero-order valence-corrected chi connectivity index (χ0v) is 16.0. The van der Waals surface area contributed by atoms with Crippen LogP contribution >= 0.6 is 11.6 Å². The number of phenolic OH excluding ortho intramolecular Hbond substituents is 1. The highest BCUT2D eigenvalue weighted by atomic mass is 35.5. The molecule has 2 aromatic rings. The quantitative estimate of drug-likeness (QED) is 0.752. The van der Waals surface area contributed by atoms with E-state index in [0.29, 0.717) is 49.8 Å². The van der Waals surface area contributed by atoms with Crippen LogP contribution in [0, 0.1) is 5.82 Å². The van der Waals surface area contributed by atoms with Crippen LogP contribution in [0.1, 0.15) is 24.4 Å². The number of aromatic nitrogens is 2. The standard InChI is InChI=1S/C18H20BClFN5O2/c19-11-8-12(16(27)13(20)9-11)15-2-1-3-26(24-15)18-22-10-14(21)17(23-18)25-4-6-28-7-5-25/h8-10,15,24,27H,1-7H2. The molecule has 3 heterocycles. The number of phenols is 1. The van der Waals surface area contributed by atoms with Gasteiger partial charge in [-0.15, -0.1) is 0 Å². The summed E-state index contributed by atoms with van der Waals surface area (Å²) in [6.07, 6.45) is 2.80. The summed E-state index contributed by atoms with van der Waals surface area (Å²) in [5, 5.41) is 12.3. The number of rotatable bonds is 3. The Morgan fingerprint density at radius 3 is 2.86 bits per heavy atom. The van der Waals surface area contributed by atoms with E-state index in [0.717, 1.165) is 12.8 Å². The molecule has 28 heavy (non-hydrogen) atoms. The minimum absolute atomic E-state index is 0.00393.